The van der Waals surface area contributed by atoms with Crippen LogP contribution in [0, 0.1) is 0 Å². The molecule has 1 aliphatic carbocycles. The Balaban J connectivity index is 2.45. The standard InChI is InChI=1S/C36H69O13P/c1-3-5-7-9-10-11-12-13-14-15-16-17-18-19-21-23-25-30(38)48-28(26-46-29(37)24-22-20-8-6-4-2)27-47-50(44,45)49-36-34(42)32(40)31(39)33(41)35(36)43/h28,31-36,39-43H,3-27H2,1-2H3,(H,44,45). The van der Waals surface area contributed by atoms with Crippen molar-refractivity contribution in [3.63, 3.8) is 0 Å². The van der Waals surface area contributed by atoms with Crippen molar-refractivity contribution < 1.29 is 63.1 Å². The van der Waals surface area contributed by atoms with Crippen molar-refractivity contribution in [3.05, 3.63) is 0 Å². The van der Waals surface area contributed by atoms with E-state index in [1.165, 1.54) is 77.0 Å². The Kier molecular flexibility index (Phi) is 26.6. The van der Waals surface area contributed by atoms with Crippen LogP contribution in [0.25, 0.3) is 0 Å². The summed E-state index contributed by atoms with van der Waals surface area (Å²) in [5, 5.41) is 49.8. The summed E-state index contributed by atoms with van der Waals surface area (Å²) in [6, 6.07) is 0. The highest BCUT2D eigenvalue weighted by Gasteiger charge is 2.51. The van der Waals surface area contributed by atoms with Crippen molar-refractivity contribution in [1.29, 1.82) is 0 Å². The zero-order chi connectivity index (χ0) is 37.2. The first-order valence-corrected chi connectivity index (χ1v) is 20.8. The molecule has 0 amide bonds. The van der Waals surface area contributed by atoms with Crippen LogP contribution in [0.2, 0.25) is 0 Å². The topological polar surface area (TPSA) is 210 Å². The number of phosphoric acid groups is 1. The number of carbonyl (C=O) groups is 2. The van der Waals surface area contributed by atoms with E-state index in [9.17, 15) is 44.6 Å². The maximum absolute atomic E-state index is 12.7. The van der Waals surface area contributed by atoms with Crippen LogP contribution in [-0.2, 0) is 32.7 Å². The second-order valence-electron chi connectivity index (χ2n) is 13.8. The van der Waals surface area contributed by atoms with E-state index < -0.39 is 75.7 Å². The average Bonchev–Trinajstić information content (AvgIpc) is 3.09. The molecule has 296 valence electrons. The molecule has 0 aromatic heterocycles. The minimum absolute atomic E-state index is 0.103. The van der Waals surface area contributed by atoms with Gasteiger partial charge in [-0.2, -0.15) is 0 Å². The van der Waals surface area contributed by atoms with Crippen molar-refractivity contribution >= 4 is 19.8 Å². The first-order chi connectivity index (χ1) is 23.9. The number of hydrogen-bond donors (Lipinski definition) is 6. The fraction of sp³-hybridized carbons (Fsp3) is 0.944. The Bertz CT molecular complexity index is 906. The van der Waals surface area contributed by atoms with Gasteiger partial charge >= 0.3 is 19.8 Å². The number of rotatable bonds is 31. The summed E-state index contributed by atoms with van der Waals surface area (Å²) in [7, 11) is -5.09. The Hall–Kier alpha value is -1.15. The number of hydrogen-bond acceptors (Lipinski definition) is 12. The maximum Gasteiger partial charge on any atom is 0.472 e. The van der Waals surface area contributed by atoms with Crippen molar-refractivity contribution in [3.8, 4) is 0 Å². The quantitative estimate of drug-likeness (QED) is 0.0284. The third-order valence-electron chi connectivity index (χ3n) is 9.20. The van der Waals surface area contributed by atoms with Gasteiger partial charge in [-0.05, 0) is 12.8 Å². The average molecular weight is 741 g/mol. The van der Waals surface area contributed by atoms with Crippen molar-refractivity contribution in [1.82, 2.24) is 0 Å². The SMILES string of the molecule is CCCCCCCCCCCCCCCCCCC(=O)OC(COC(=O)CCCCCCC)COP(=O)(O)OC1C(O)C(O)C(O)C(O)C1O. The summed E-state index contributed by atoms with van der Waals surface area (Å²) >= 11 is 0. The molecule has 6 atom stereocenters. The Morgan fingerprint density at radius 3 is 1.32 bits per heavy atom. The fourth-order valence-corrected chi connectivity index (χ4v) is 6.96. The summed E-state index contributed by atoms with van der Waals surface area (Å²) in [5.41, 5.74) is 0. The summed E-state index contributed by atoms with van der Waals surface area (Å²) in [6.07, 6.45) is 10.9. The monoisotopic (exact) mass is 740 g/mol. The number of aliphatic hydroxyl groups excluding tert-OH is 5. The van der Waals surface area contributed by atoms with Gasteiger partial charge in [0.2, 0.25) is 0 Å². The largest absolute Gasteiger partial charge is 0.472 e. The zero-order valence-corrected chi connectivity index (χ0v) is 31.6. The third-order valence-corrected chi connectivity index (χ3v) is 10.2. The molecule has 6 N–H and O–H groups in total. The maximum atomic E-state index is 12.7. The molecule has 0 radical (unpaired) electrons. The Labute approximate surface area is 300 Å². The molecule has 0 bridgehead atoms. The molecular formula is C36H69O13P. The van der Waals surface area contributed by atoms with Gasteiger partial charge in [0.15, 0.2) is 6.10 Å². The molecule has 1 aliphatic rings. The van der Waals surface area contributed by atoms with E-state index in [-0.39, 0.29) is 12.8 Å². The second-order valence-corrected chi connectivity index (χ2v) is 15.2. The lowest BCUT2D eigenvalue weighted by atomic mass is 9.85. The molecule has 1 rings (SSSR count). The summed E-state index contributed by atoms with van der Waals surface area (Å²) in [4.78, 5) is 35.2. The Morgan fingerprint density at radius 2 is 0.900 bits per heavy atom. The third kappa shape index (κ3) is 21.4. The molecule has 0 aliphatic heterocycles. The van der Waals surface area contributed by atoms with Gasteiger partial charge in [0.1, 0.15) is 43.2 Å². The predicted molar refractivity (Wildman–Crippen MR) is 189 cm³/mol. The Morgan fingerprint density at radius 1 is 0.540 bits per heavy atom. The summed E-state index contributed by atoms with van der Waals surface area (Å²) < 4.78 is 33.1. The van der Waals surface area contributed by atoms with Crippen LogP contribution >= 0.6 is 7.82 Å². The van der Waals surface area contributed by atoms with E-state index in [0.29, 0.717) is 12.8 Å². The van der Waals surface area contributed by atoms with Gasteiger partial charge in [-0.25, -0.2) is 4.57 Å². The lowest BCUT2D eigenvalue weighted by molar-refractivity contribution is -0.220. The minimum atomic E-state index is -5.09. The molecule has 0 aromatic carbocycles. The predicted octanol–water partition coefficient (Wildman–Crippen LogP) is 5.77. The van der Waals surface area contributed by atoms with Crippen LogP contribution in [0.5, 0.6) is 0 Å². The molecule has 50 heavy (non-hydrogen) atoms. The van der Waals surface area contributed by atoms with E-state index in [0.717, 1.165) is 44.9 Å². The van der Waals surface area contributed by atoms with Crippen molar-refractivity contribution in [2.75, 3.05) is 13.2 Å². The highest BCUT2D eigenvalue weighted by Crippen LogP contribution is 2.47. The highest BCUT2D eigenvalue weighted by atomic mass is 31.2. The zero-order valence-electron chi connectivity index (χ0n) is 30.7. The number of aliphatic hydroxyl groups is 5. The van der Waals surface area contributed by atoms with E-state index in [2.05, 4.69) is 13.8 Å². The fourth-order valence-electron chi connectivity index (χ4n) is 5.99. The minimum Gasteiger partial charge on any atom is -0.462 e. The van der Waals surface area contributed by atoms with Crippen LogP contribution in [0.4, 0.5) is 0 Å². The molecule has 0 saturated heterocycles. The first-order valence-electron chi connectivity index (χ1n) is 19.3. The number of unbranched alkanes of at least 4 members (excludes halogenated alkanes) is 19. The molecule has 14 heteroatoms. The van der Waals surface area contributed by atoms with Gasteiger partial charge in [0, 0.05) is 12.8 Å². The van der Waals surface area contributed by atoms with Gasteiger partial charge in [0.25, 0.3) is 0 Å². The molecule has 13 nitrogen and oxygen atoms in total. The lowest BCUT2D eigenvalue weighted by Crippen LogP contribution is -2.64. The van der Waals surface area contributed by atoms with Crippen molar-refractivity contribution in [2.45, 2.75) is 204 Å². The van der Waals surface area contributed by atoms with E-state index in [1.807, 2.05) is 0 Å². The normalized spacial score (nSPS) is 24.1. The second kappa shape index (κ2) is 28.4. The number of ether oxygens (including phenoxy) is 2. The highest BCUT2D eigenvalue weighted by molar-refractivity contribution is 7.47. The summed E-state index contributed by atoms with van der Waals surface area (Å²) in [6.45, 7) is 3.17. The van der Waals surface area contributed by atoms with E-state index in [1.54, 1.807) is 0 Å². The molecule has 0 aromatic rings. The van der Waals surface area contributed by atoms with Crippen molar-refractivity contribution in [2.24, 2.45) is 0 Å². The molecule has 1 saturated carbocycles. The van der Waals surface area contributed by atoms with Crippen LogP contribution < -0.4 is 0 Å². The van der Waals surface area contributed by atoms with Crippen LogP contribution in [0.15, 0.2) is 0 Å². The molecule has 0 spiro atoms. The van der Waals surface area contributed by atoms with E-state index >= 15 is 0 Å². The number of esters is 2. The lowest BCUT2D eigenvalue weighted by Gasteiger charge is -2.41. The van der Waals surface area contributed by atoms with Gasteiger partial charge in [-0.3, -0.25) is 18.6 Å². The number of phosphoric ester groups is 1. The van der Waals surface area contributed by atoms with Crippen LogP contribution in [0.3, 0.4) is 0 Å². The van der Waals surface area contributed by atoms with Gasteiger partial charge in [0.05, 0.1) is 6.61 Å². The smallest absolute Gasteiger partial charge is 0.462 e. The van der Waals surface area contributed by atoms with Crippen LogP contribution in [-0.4, -0.2) is 98.3 Å². The van der Waals surface area contributed by atoms with Gasteiger partial charge < -0.3 is 39.9 Å². The summed E-state index contributed by atoms with van der Waals surface area (Å²) in [5.74, 6) is -1.11. The van der Waals surface area contributed by atoms with Gasteiger partial charge in [-0.1, -0.05) is 136 Å². The molecule has 0 heterocycles. The first kappa shape index (κ1) is 46.9. The molecule has 6 unspecified atom stereocenters. The molecular weight excluding hydrogens is 671 g/mol. The molecule has 1 fully saturated rings. The number of carbonyl (C=O) groups excluding carboxylic acids is 2. The van der Waals surface area contributed by atoms with Crippen LogP contribution in [0.1, 0.15) is 162 Å². The van der Waals surface area contributed by atoms with E-state index in [4.69, 9.17) is 18.5 Å². The van der Waals surface area contributed by atoms with Gasteiger partial charge in [-0.15, -0.1) is 0 Å².